The van der Waals surface area contributed by atoms with E-state index in [4.69, 9.17) is 23.7 Å². The fraction of sp³-hybridized carbons (Fsp3) is 0.647. The summed E-state index contributed by atoms with van der Waals surface area (Å²) in [5.41, 5.74) is -0.204. The Balaban J connectivity index is 2.71. The Labute approximate surface area is 148 Å². The van der Waals surface area contributed by atoms with Gasteiger partial charge in [0, 0.05) is 20.3 Å². The van der Waals surface area contributed by atoms with Gasteiger partial charge in [0.25, 0.3) is 0 Å². The van der Waals surface area contributed by atoms with Crippen LogP contribution in [0.15, 0.2) is 23.6 Å². The molecule has 0 amide bonds. The quantitative estimate of drug-likeness (QED) is 0.177. The molecule has 0 atom stereocenters. The van der Waals surface area contributed by atoms with Crippen LogP contribution in [0.5, 0.6) is 0 Å². The van der Waals surface area contributed by atoms with Crippen LogP contribution in [0, 0.1) is 0 Å². The number of esters is 2. The summed E-state index contributed by atoms with van der Waals surface area (Å²) < 4.78 is 25.7. The molecule has 1 fully saturated rings. The molecule has 1 aliphatic heterocycles. The Morgan fingerprint density at radius 2 is 1.60 bits per heavy atom. The number of hydrogen-bond donors (Lipinski definition) is 0. The standard InChI is InChI=1S/C17H27NO7/c1-4-21-10-12-24-16(19)14(17(20)25-13-11-22-5-2)6-7-15-18(3)8-9-23-15/h6-7H,4-5,8-13H2,1-3H3/b15-7-. The zero-order valence-electron chi connectivity index (χ0n) is 15.1. The van der Waals surface area contributed by atoms with Crippen LogP contribution in [-0.4, -0.2) is 76.7 Å². The van der Waals surface area contributed by atoms with E-state index in [-0.39, 0.29) is 32.0 Å². The second-order valence-electron chi connectivity index (χ2n) is 5.02. The molecule has 0 spiro atoms. The molecule has 0 aromatic rings. The van der Waals surface area contributed by atoms with Gasteiger partial charge in [-0.3, -0.25) is 0 Å². The van der Waals surface area contributed by atoms with Crippen molar-refractivity contribution in [3.8, 4) is 0 Å². The maximum atomic E-state index is 12.2. The van der Waals surface area contributed by atoms with Gasteiger partial charge in [-0.2, -0.15) is 0 Å². The van der Waals surface area contributed by atoms with E-state index in [0.717, 1.165) is 6.54 Å². The number of likely N-dealkylation sites (N-methyl/N-ethyl adjacent to an activating group) is 1. The van der Waals surface area contributed by atoms with Gasteiger partial charge in [0.1, 0.15) is 25.4 Å². The molecule has 1 aliphatic rings. The molecule has 0 N–H and O–H groups in total. The first kappa shape index (κ1) is 21.0. The Hall–Kier alpha value is -2.06. The molecule has 0 aromatic heterocycles. The second kappa shape index (κ2) is 12.3. The summed E-state index contributed by atoms with van der Waals surface area (Å²) in [6, 6.07) is 0. The Kier molecular flexibility index (Phi) is 10.3. The lowest BCUT2D eigenvalue weighted by molar-refractivity contribution is -0.148. The Morgan fingerprint density at radius 1 is 1.04 bits per heavy atom. The Bertz CT molecular complexity index is 461. The maximum Gasteiger partial charge on any atom is 0.345 e. The summed E-state index contributed by atoms with van der Waals surface area (Å²) in [6.07, 6.45) is 2.90. The highest BCUT2D eigenvalue weighted by Crippen LogP contribution is 2.12. The predicted octanol–water partition coefficient (Wildman–Crippen LogP) is 0.876. The number of carbonyl (C=O) groups is 2. The van der Waals surface area contributed by atoms with Crippen molar-refractivity contribution >= 4 is 11.9 Å². The van der Waals surface area contributed by atoms with Crippen LogP contribution in [0.2, 0.25) is 0 Å². The highest BCUT2D eigenvalue weighted by atomic mass is 16.6. The zero-order valence-corrected chi connectivity index (χ0v) is 15.1. The van der Waals surface area contributed by atoms with E-state index in [9.17, 15) is 9.59 Å². The minimum atomic E-state index is -0.765. The second-order valence-corrected chi connectivity index (χ2v) is 5.02. The largest absolute Gasteiger partial charge is 0.477 e. The van der Waals surface area contributed by atoms with Crippen LogP contribution >= 0.6 is 0 Å². The fourth-order valence-corrected chi connectivity index (χ4v) is 1.89. The zero-order chi connectivity index (χ0) is 18.5. The molecule has 0 bridgehead atoms. The van der Waals surface area contributed by atoms with Crippen LogP contribution in [0.1, 0.15) is 13.8 Å². The lowest BCUT2D eigenvalue weighted by Gasteiger charge is -2.10. The van der Waals surface area contributed by atoms with Gasteiger partial charge in [0.05, 0.1) is 19.8 Å². The van der Waals surface area contributed by atoms with Gasteiger partial charge in [-0.15, -0.1) is 0 Å². The third-order valence-electron chi connectivity index (χ3n) is 3.22. The molecule has 0 unspecified atom stereocenters. The third-order valence-corrected chi connectivity index (χ3v) is 3.22. The van der Waals surface area contributed by atoms with Crippen LogP contribution in [0.25, 0.3) is 0 Å². The van der Waals surface area contributed by atoms with E-state index >= 15 is 0 Å². The number of ether oxygens (including phenoxy) is 5. The van der Waals surface area contributed by atoms with Gasteiger partial charge in [-0.1, -0.05) is 0 Å². The smallest absolute Gasteiger partial charge is 0.345 e. The summed E-state index contributed by atoms with van der Waals surface area (Å²) in [7, 11) is 1.85. The minimum Gasteiger partial charge on any atom is -0.477 e. The molecular formula is C17H27NO7. The molecule has 0 aliphatic carbocycles. The molecular weight excluding hydrogens is 330 g/mol. The number of allylic oxidation sites excluding steroid dienone is 2. The van der Waals surface area contributed by atoms with E-state index in [1.807, 2.05) is 25.8 Å². The molecule has 1 saturated heterocycles. The number of carbonyl (C=O) groups excluding carboxylic acids is 2. The third kappa shape index (κ3) is 8.04. The first-order valence-corrected chi connectivity index (χ1v) is 8.35. The predicted molar refractivity (Wildman–Crippen MR) is 89.7 cm³/mol. The average Bonchev–Trinajstić information content (AvgIpc) is 3.01. The summed E-state index contributed by atoms with van der Waals surface area (Å²) in [4.78, 5) is 26.2. The lowest BCUT2D eigenvalue weighted by Crippen LogP contribution is -2.21. The van der Waals surface area contributed by atoms with Crippen molar-refractivity contribution in [1.29, 1.82) is 0 Å². The molecule has 0 radical (unpaired) electrons. The summed E-state index contributed by atoms with van der Waals surface area (Å²) >= 11 is 0. The Morgan fingerprint density at radius 3 is 2.04 bits per heavy atom. The molecule has 1 heterocycles. The molecule has 8 heteroatoms. The average molecular weight is 357 g/mol. The summed E-state index contributed by atoms with van der Waals surface area (Å²) in [5.74, 6) is -0.959. The summed E-state index contributed by atoms with van der Waals surface area (Å²) in [5, 5.41) is 0. The van der Waals surface area contributed by atoms with Crippen molar-refractivity contribution in [1.82, 2.24) is 4.90 Å². The molecule has 1 rings (SSSR count). The SMILES string of the molecule is CCOCCOC(=O)C(=C/C=C1\OCCN1C)C(=O)OCCOCC. The number of hydrogen-bond acceptors (Lipinski definition) is 8. The highest BCUT2D eigenvalue weighted by Gasteiger charge is 2.22. The van der Waals surface area contributed by atoms with Gasteiger partial charge < -0.3 is 28.6 Å². The van der Waals surface area contributed by atoms with Crippen molar-refractivity contribution in [2.24, 2.45) is 0 Å². The van der Waals surface area contributed by atoms with Gasteiger partial charge >= 0.3 is 11.9 Å². The van der Waals surface area contributed by atoms with Gasteiger partial charge in [-0.25, -0.2) is 9.59 Å². The van der Waals surface area contributed by atoms with E-state index < -0.39 is 11.9 Å². The molecule has 0 saturated carbocycles. The van der Waals surface area contributed by atoms with Crippen LogP contribution in [0.3, 0.4) is 0 Å². The number of rotatable bonds is 11. The monoisotopic (exact) mass is 357 g/mol. The van der Waals surface area contributed by atoms with Crippen LogP contribution in [-0.2, 0) is 33.3 Å². The van der Waals surface area contributed by atoms with Crippen molar-refractivity contribution in [3.63, 3.8) is 0 Å². The van der Waals surface area contributed by atoms with E-state index in [1.54, 1.807) is 6.08 Å². The first-order valence-electron chi connectivity index (χ1n) is 8.35. The minimum absolute atomic E-state index is 0.0587. The van der Waals surface area contributed by atoms with E-state index in [1.165, 1.54) is 6.08 Å². The molecule has 8 nitrogen and oxygen atoms in total. The highest BCUT2D eigenvalue weighted by molar-refractivity contribution is 6.14. The van der Waals surface area contributed by atoms with Gasteiger partial charge in [0.2, 0.25) is 0 Å². The molecule has 25 heavy (non-hydrogen) atoms. The molecule has 142 valence electrons. The van der Waals surface area contributed by atoms with Crippen LogP contribution in [0.4, 0.5) is 0 Å². The van der Waals surface area contributed by atoms with Crippen molar-refractivity contribution in [3.05, 3.63) is 23.6 Å². The van der Waals surface area contributed by atoms with E-state index in [2.05, 4.69) is 0 Å². The first-order chi connectivity index (χ1) is 12.1. The van der Waals surface area contributed by atoms with Crippen LogP contribution < -0.4 is 0 Å². The van der Waals surface area contributed by atoms with Crippen molar-refractivity contribution in [2.75, 3.05) is 59.8 Å². The topological polar surface area (TPSA) is 83.5 Å². The normalized spacial score (nSPS) is 15.0. The molecule has 0 aromatic carbocycles. The lowest BCUT2D eigenvalue weighted by atomic mass is 10.2. The van der Waals surface area contributed by atoms with Gasteiger partial charge in [-0.05, 0) is 26.0 Å². The summed E-state index contributed by atoms with van der Waals surface area (Å²) in [6.45, 7) is 6.68. The maximum absolute atomic E-state index is 12.2. The van der Waals surface area contributed by atoms with Crippen molar-refractivity contribution < 1.29 is 33.3 Å². The van der Waals surface area contributed by atoms with Crippen molar-refractivity contribution in [2.45, 2.75) is 13.8 Å². The van der Waals surface area contributed by atoms with E-state index in [0.29, 0.717) is 25.7 Å². The fourth-order valence-electron chi connectivity index (χ4n) is 1.89. The number of nitrogens with zero attached hydrogens (tertiary/aromatic N) is 1. The van der Waals surface area contributed by atoms with Gasteiger partial charge in [0.15, 0.2) is 5.88 Å².